The van der Waals surface area contributed by atoms with E-state index in [1.165, 1.54) is 11.4 Å². The van der Waals surface area contributed by atoms with Gasteiger partial charge in [-0.15, -0.1) is 0 Å². The molecule has 0 radical (unpaired) electrons. The Morgan fingerprint density at radius 3 is 2.37 bits per heavy atom. The highest BCUT2D eigenvalue weighted by molar-refractivity contribution is 6.09. The SMILES string of the molecule is C[C@]1(c2cccc(C(F)(F)F)c2)NC(=O)N(CC(=O)NCC(F)(F)F)C1=O. The van der Waals surface area contributed by atoms with Gasteiger partial charge in [-0.2, -0.15) is 26.3 Å². The summed E-state index contributed by atoms with van der Waals surface area (Å²) in [5.41, 5.74) is -3.14. The van der Waals surface area contributed by atoms with Gasteiger partial charge < -0.3 is 10.6 Å². The first-order valence-corrected chi connectivity index (χ1v) is 7.39. The Kier molecular flexibility index (Phi) is 5.12. The maximum atomic E-state index is 12.9. The van der Waals surface area contributed by atoms with Crippen LogP contribution in [0.15, 0.2) is 24.3 Å². The van der Waals surface area contributed by atoms with Crippen molar-refractivity contribution in [2.24, 2.45) is 0 Å². The van der Waals surface area contributed by atoms with Gasteiger partial charge in [-0.05, 0) is 24.6 Å². The lowest BCUT2D eigenvalue weighted by Gasteiger charge is -2.23. The standard InChI is InChI=1S/C15H13F6N3O3/c1-13(8-3-2-4-9(5-8)15(19,20)21)11(26)24(12(27)23-13)6-10(25)22-7-14(16,17)18/h2-5H,6-7H2,1H3,(H,22,25)(H,23,27)/t13-/m1/s1. The molecule has 1 aromatic rings. The van der Waals surface area contributed by atoms with E-state index in [0.717, 1.165) is 19.1 Å². The molecule has 1 aliphatic heterocycles. The number of halogens is 6. The van der Waals surface area contributed by atoms with Gasteiger partial charge in [0.25, 0.3) is 5.91 Å². The molecule has 1 saturated heterocycles. The number of hydrogen-bond donors (Lipinski definition) is 2. The fourth-order valence-corrected chi connectivity index (χ4v) is 2.44. The Morgan fingerprint density at radius 2 is 1.81 bits per heavy atom. The van der Waals surface area contributed by atoms with E-state index in [-0.39, 0.29) is 5.56 Å². The maximum Gasteiger partial charge on any atom is 0.416 e. The van der Waals surface area contributed by atoms with Crippen molar-refractivity contribution in [1.82, 2.24) is 15.5 Å². The van der Waals surface area contributed by atoms with Crippen molar-refractivity contribution in [2.45, 2.75) is 24.8 Å². The predicted octanol–water partition coefficient (Wildman–Crippen LogP) is 2.15. The number of amides is 4. The van der Waals surface area contributed by atoms with Crippen LogP contribution in [0.5, 0.6) is 0 Å². The van der Waals surface area contributed by atoms with Crippen LogP contribution in [-0.4, -0.2) is 42.0 Å². The molecule has 27 heavy (non-hydrogen) atoms. The number of alkyl halides is 6. The van der Waals surface area contributed by atoms with E-state index in [9.17, 15) is 40.7 Å². The number of imide groups is 1. The number of nitrogens with one attached hydrogen (secondary N) is 2. The summed E-state index contributed by atoms with van der Waals surface area (Å²) in [6.07, 6.45) is -9.37. The van der Waals surface area contributed by atoms with Gasteiger partial charge in [0.1, 0.15) is 18.6 Å². The third-order valence-corrected chi connectivity index (χ3v) is 3.83. The van der Waals surface area contributed by atoms with Gasteiger partial charge in [0.15, 0.2) is 0 Å². The molecule has 4 amide bonds. The van der Waals surface area contributed by atoms with Gasteiger partial charge in [-0.25, -0.2) is 4.79 Å². The molecule has 148 valence electrons. The lowest BCUT2D eigenvalue weighted by atomic mass is 9.90. The highest BCUT2D eigenvalue weighted by Crippen LogP contribution is 2.34. The monoisotopic (exact) mass is 397 g/mol. The smallest absolute Gasteiger partial charge is 0.345 e. The number of nitrogens with zero attached hydrogens (tertiary/aromatic N) is 1. The molecule has 2 rings (SSSR count). The molecule has 0 bridgehead atoms. The molecule has 1 aromatic carbocycles. The minimum Gasteiger partial charge on any atom is -0.345 e. The molecule has 1 fully saturated rings. The average molecular weight is 397 g/mol. The zero-order chi connectivity index (χ0) is 20.6. The number of carbonyl (C=O) groups excluding carboxylic acids is 3. The van der Waals surface area contributed by atoms with Crippen LogP contribution in [0.1, 0.15) is 18.1 Å². The van der Waals surface area contributed by atoms with Gasteiger partial charge in [0, 0.05) is 0 Å². The van der Waals surface area contributed by atoms with Crippen molar-refractivity contribution in [3.63, 3.8) is 0 Å². The second kappa shape index (κ2) is 6.74. The number of rotatable bonds is 4. The molecule has 12 heteroatoms. The second-order valence-corrected chi connectivity index (χ2v) is 5.92. The molecule has 6 nitrogen and oxygen atoms in total. The number of carbonyl (C=O) groups is 3. The largest absolute Gasteiger partial charge is 0.416 e. The second-order valence-electron chi connectivity index (χ2n) is 5.92. The molecule has 0 spiro atoms. The van der Waals surface area contributed by atoms with E-state index in [4.69, 9.17) is 0 Å². The summed E-state index contributed by atoms with van der Waals surface area (Å²) in [5.74, 6) is -2.31. The van der Waals surface area contributed by atoms with Crippen molar-refractivity contribution in [1.29, 1.82) is 0 Å². The van der Waals surface area contributed by atoms with Crippen LogP contribution >= 0.6 is 0 Å². The summed E-state index contributed by atoms with van der Waals surface area (Å²) in [4.78, 5) is 36.3. The summed E-state index contributed by atoms with van der Waals surface area (Å²) in [6.45, 7) is -1.52. The van der Waals surface area contributed by atoms with E-state index >= 15 is 0 Å². The van der Waals surface area contributed by atoms with Gasteiger partial charge in [0.2, 0.25) is 5.91 Å². The van der Waals surface area contributed by atoms with Crippen LogP contribution in [0.2, 0.25) is 0 Å². The molecular formula is C15H13F6N3O3. The van der Waals surface area contributed by atoms with E-state index in [1.54, 1.807) is 0 Å². The fourth-order valence-electron chi connectivity index (χ4n) is 2.44. The van der Waals surface area contributed by atoms with Gasteiger partial charge in [-0.1, -0.05) is 12.1 Å². The van der Waals surface area contributed by atoms with Crippen LogP contribution in [-0.2, 0) is 21.3 Å². The van der Waals surface area contributed by atoms with Crippen molar-refractivity contribution >= 4 is 17.8 Å². The molecule has 0 unspecified atom stereocenters. The Hall–Kier alpha value is -2.79. The van der Waals surface area contributed by atoms with E-state index in [2.05, 4.69) is 5.32 Å². The van der Waals surface area contributed by atoms with Gasteiger partial charge >= 0.3 is 18.4 Å². The molecule has 2 N–H and O–H groups in total. The molecule has 1 aliphatic rings. The van der Waals surface area contributed by atoms with Crippen molar-refractivity contribution in [2.75, 3.05) is 13.1 Å². The van der Waals surface area contributed by atoms with Crippen molar-refractivity contribution in [3.05, 3.63) is 35.4 Å². The molecule has 1 heterocycles. The van der Waals surface area contributed by atoms with Crippen LogP contribution in [0.4, 0.5) is 31.1 Å². The number of hydrogen-bond acceptors (Lipinski definition) is 3. The summed E-state index contributed by atoms with van der Waals surface area (Å²) in [6, 6.07) is 2.56. The topological polar surface area (TPSA) is 78.5 Å². The third-order valence-electron chi connectivity index (χ3n) is 3.83. The fraction of sp³-hybridized carbons (Fsp3) is 0.400. The summed E-state index contributed by atoms with van der Waals surface area (Å²) in [7, 11) is 0. The quantitative estimate of drug-likeness (QED) is 0.604. The van der Waals surface area contributed by atoms with E-state index in [1.807, 2.05) is 0 Å². The highest BCUT2D eigenvalue weighted by Gasteiger charge is 2.50. The van der Waals surface area contributed by atoms with E-state index < -0.39 is 54.4 Å². The number of urea groups is 1. The maximum absolute atomic E-state index is 12.9. The Bertz CT molecular complexity index is 777. The minimum atomic E-state index is -4.69. The van der Waals surface area contributed by atoms with Gasteiger partial charge in [-0.3, -0.25) is 14.5 Å². The molecule has 0 saturated carbocycles. The average Bonchev–Trinajstić information content (AvgIpc) is 2.76. The Balaban J connectivity index is 2.20. The van der Waals surface area contributed by atoms with Crippen LogP contribution in [0.25, 0.3) is 0 Å². The number of benzene rings is 1. The molecular weight excluding hydrogens is 384 g/mol. The normalized spacial score (nSPS) is 20.6. The van der Waals surface area contributed by atoms with E-state index in [0.29, 0.717) is 11.0 Å². The first-order valence-electron chi connectivity index (χ1n) is 7.39. The lowest BCUT2D eigenvalue weighted by Crippen LogP contribution is -2.44. The zero-order valence-corrected chi connectivity index (χ0v) is 13.7. The van der Waals surface area contributed by atoms with Crippen molar-refractivity contribution < 1.29 is 40.7 Å². The highest BCUT2D eigenvalue weighted by atomic mass is 19.4. The summed E-state index contributed by atoms with van der Waals surface area (Å²) < 4.78 is 74.9. The Labute approximate surface area is 148 Å². The van der Waals surface area contributed by atoms with Crippen LogP contribution < -0.4 is 10.6 Å². The van der Waals surface area contributed by atoms with Crippen molar-refractivity contribution in [3.8, 4) is 0 Å². The Morgan fingerprint density at radius 1 is 1.19 bits per heavy atom. The summed E-state index contributed by atoms with van der Waals surface area (Å²) in [5, 5.41) is 3.67. The summed E-state index contributed by atoms with van der Waals surface area (Å²) >= 11 is 0. The third kappa shape index (κ3) is 4.49. The molecule has 1 atom stereocenters. The zero-order valence-electron chi connectivity index (χ0n) is 13.7. The minimum absolute atomic E-state index is 0.186. The predicted molar refractivity (Wildman–Crippen MR) is 78.1 cm³/mol. The van der Waals surface area contributed by atoms with Gasteiger partial charge in [0.05, 0.1) is 5.56 Å². The van der Waals surface area contributed by atoms with Crippen LogP contribution in [0.3, 0.4) is 0 Å². The van der Waals surface area contributed by atoms with Crippen LogP contribution in [0, 0.1) is 0 Å². The molecule has 0 aromatic heterocycles. The molecule has 0 aliphatic carbocycles. The first-order chi connectivity index (χ1) is 12.2. The lowest BCUT2D eigenvalue weighted by molar-refractivity contribution is -0.141. The first kappa shape index (κ1) is 20.5.